The zero-order valence-electron chi connectivity index (χ0n) is 9.83. The van der Waals surface area contributed by atoms with E-state index in [1.165, 1.54) is 0 Å². The average Bonchev–Trinajstić information content (AvgIpc) is 2.95. The number of aldehydes is 1. The van der Waals surface area contributed by atoms with Gasteiger partial charge in [-0.2, -0.15) is 4.98 Å². The average molecular weight is 241 g/mol. The first-order chi connectivity index (χ1) is 8.78. The van der Waals surface area contributed by atoms with Gasteiger partial charge < -0.3 is 9.09 Å². The highest BCUT2D eigenvalue weighted by Crippen LogP contribution is 2.20. The first-order valence-corrected chi connectivity index (χ1v) is 5.60. The van der Waals surface area contributed by atoms with Crippen LogP contribution in [0, 0.1) is 6.92 Å². The lowest BCUT2D eigenvalue weighted by Gasteiger charge is -2.00. The molecule has 0 saturated heterocycles. The van der Waals surface area contributed by atoms with Crippen LogP contribution in [-0.2, 0) is 6.54 Å². The third kappa shape index (κ3) is 1.69. The van der Waals surface area contributed by atoms with Crippen molar-refractivity contribution in [2.24, 2.45) is 0 Å². The van der Waals surface area contributed by atoms with Crippen LogP contribution in [0.3, 0.4) is 0 Å². The minimum atomic E-state index is 0.467. The maximum absolute atomic E-state index is 11.0. The Morgan fingerprint density at radius 3 is 2.94 bits per heavy atom. The summed E-state index contributed by atoms with van der Waals surface area (Å²) in [6.45, 7) is 2.24. The van der Waals surface area contributed by atoms with Crippen LogP contribution in [0.1, 0.15) is 22.1 Å². The summed E-state index contributed by atoms with van der Waals surface area (Å²) in [4.78, 5) is 15.2. The van der Waals surface area contributed by atoms with E-state index in [4.69, 9.17) is 4.52 Å². The Balaban J connectivity index is 2.09. The number of nitrogens with zero attached hydrogens (tertiary/aromatic N) is 3. The van der Waals surface area contributed by atoms with Gasteiger partial charge in [0, 0.05) is 22.7 Å². The predicted molar refractivity (Wildman–Crippen MR) is 65.5 cm³/mol. The first kappa shape index (κ1) is 10.7. The maximum Gasteiger partial charge on any atom is 0.246 e. The zero-order valence-corrected chi connectivity index (χ0v) is 9.83. The number of fused-ring (bicyclic) bond motifs is 1. The van der Waals surface area contributed by atoms with Crippen molar-refractivity contribution in [3.8, 4) is 0 Å². The molecule has 2 aromatic heterocycles. The van der Waals surface area contributed by atoms with Gasteiger partial charge in [0.2, 0.25) is 5.89 Å². The number of rotatable bonds is 3. The molecule has 0 N–H and O–H groups in total. The molecule has 0 bridgehead atoms. The molecule has 18 heavy (non-hydrogen) atoms. The second-order valence-corrected chi connectivity index (χ2v) is 4.08. The summed E-state index contributed by atoms with van der Waals surface area (Å²) >= 11 is 0. The Bertz CT molecular complexity index is 712. The van der Waals surface area contributed by atoms with E-state index in [9.17, 15) is 4.79 Å². The maximum atomic E-state index is 11.0. The lowest BCUT2D eigenvalue weighted by molar-refractivity contribution is 0.112. The van der Waals surface area contributed by atoms with E-state index >= 15 is 0 Å². The molecular weight excluding hydrogens is 230 g/mol. The van der Waals surface area contributed by atoms with Gasteiger partial charge in [0.25, 0.3) is 0 Å². The molecule has 0 saturated carbocycles. The van der Waals surface area contributed by atoms with Crippen molar-refractivity contribution in [1.29, 1.82) is 0 Å². The van der Waals surface area contributed by atoms with Gasteiger partial charge in [0.05, 0.1) is 0 Å². The molecule has 5 heteroatoms. The van der Waals surface area contributed by atoms with Gasteiger partial charge in [-0.25, -0.2) is 0 Å². The molecule has 0 unspecified atom stereocenters. The summed E-state index contributed by atoms with van der Waals surface area (Å²) in [5, 5.41) is 4.68. The summed E-state index contributed by atoms with van der Waals surface area (Å²) in [5.74, 6) is 1.14. The Morgan fingerprint density at radius 2 is 2.22 bits per heavy atom. The number of aromatic nitrogens is 3. The van der Waals surface area contributed by atoms with Crippen LogP contribution in [0.15, 0.2) is 35.0 Å². The van der Waals surface area contributed by atoms with Crippen molar-refractivity contribution < 1.29 is 9.32 Å². The molecule has 5 nitrogen and oxygen atoms in total. The molecule has 0 atom stereocenters. The van der Waals surface area contributed by atoms with Gasteiger partial charge in [-0.1, -0.05) is 23.4 Å². The molecule has 0 radical (unpaired) electrons. The number of carbonyl (C=O) groups is 1. The third-order valence-electron chi connectivity index (χ3n) is 2.82. The largest absolute Gasteiger partial charge is 0.337 e. The van der Waals surface area contributed by atoms with Gasteiger partial charge in [-0.3, -0.25) is 4.79 Å². The quantitative estimate of drug-likeness (QED) is 0.659. The van der Waals surface area contributed by atoms with Crippen molar-refractivity contribution in [3.05, 3.63) is 47.7 Å². The van der Waals surface area contributed by atoms with Crippen molar-refractivity contribution in [2.75, 3.05) is 0 Å². The van der Waals surface area contributed by atoms with Crippen LogP contribution >= 0.6 is 0 Å². The third-order valence-corrected chi connectivity index (χ3v) is 2.82. The highest BCUT2D eigenvalue weighted by atomic mass is 16.5. The van der Waals surface area contributed by atoms with Crippen LogP contribution in [0.2, 0.25) is 0 Å². The molecule has 90 valence electrons. The number of aryl methyl sites for hydroxylation is 1. The number of benzene rings is 1. The smallest absolute Gasteiger partial charge is 0.246 e. The van der Waals surface area contributed by atoms with Gasteiger partial charge in [0.15, 0.2) is 12.1 Å². The number of carbonyl (C=O) groups excluding carboxylic acids is 1. The fourth-order valence-corrected chi connectivity index (χ4v) is 2.05. The number of hydrogen-bond donors (Lipinski definition) is 0. The van der Waals surface area contributed by atoms with Crippen LogP contribution in [0.4, 0.5) is 0 Å². The van der Waals surface area contributed by atoms with E-state index in [0.717, 1.165) is 17.2 Å². The van der Waals surface area contributed by atoms with Crippen LogP contribution in [0.5, 0.6) is 0 Å². The Hall–Kier alpha value is -2.43. The van der Waals surface area contributed by atoms with Crippen LogP contribution in [0.25, 0.3) is 10.9 Å². The van der Waals surface area contributed by atoms with E-state index in [-0.39, 0.29) is 0 Å². The summed E-state index contributed by atoms with van der Waals surface area (Å²) in [7, 11) is 0. The van der Waals surface area contributed by atoms with Crippen molar-refractivity contribution in [3.63, 3.8) is 0 Å². The van der Waals surface area contributed by atoms with Gasteiger partial charge >= 0.3 is 0 Å². The van der Waals surface area contributed by atoms with Crippen molar-refractivity contribution in [2.45, 2.75) is 13.5 Å². The van der Waals surface area contributed by atoms with Gasteiger partial charge in [-0.05, 0) is 13.0 Å². The number of para-hydroxylation sites is 1. The minimum absolute atomic E-state index is 0.467. The van der Waals surface area contributed by atoms with Gasteiger partial charge in [-0.15, -0.1) is 0 Å². The first-order valence-electron chi connectivity index (χ1n) is 5.60. The highest BCUT2D eigenvalue weighted by Gasteiger charge is 2.10. The molecule has 3 rings (SSSR count). The van der Waals surface area contributed by atoms with Crippen LogP contribution < -0.4 is 0 Å². The lowest BCUT2D eigenvalue weighted by Crippen LogP contribution is -1.98. The molecule has 0 aliphatic rings. The van der Waals surface area contributed by atoms with E-state index in [1.807, 2.05) is 28.8 Å². The Labute approximate surface area is 103 Å². The minimum Gasteiger partial charge on any atom is -0.337 e. The van der Waals surface area contributed by atoms with Crippen LogP contribution in [-0.4, -0.2) is 21.0 Å². The second-order valence-electron chi connectivity index (χ2n) is 4.08. The highest BCUT2D eigenvalue weighted by molar-refractivity contribution is 5.97. The van der Waals surface area contributed by atoms with Crippen molar-refractivity contribution >= 4 is 17.2 Å². The SMILES string of the molecule is Cc1noc(Cn2cc(C=O)c3ccccc32)n1. The lowest BCUT2D eigenvalue weighted by atomic mass is 10.2. The summed E-state index contributed by atoms with van der Waals surface area (Å²) in [6, 6.07) is 7.74. The van der Waals surface area contributed by atoms with E-state index in [1.54, 1.807) is 13.1 Å². The molecule has 2 heterocycles. The molecule has 0 fully saturated rings. The summed E-state index contributed by atoms with van der Waals surface area (Å²) in [5.41, 5.74) is 1.65. The Morgan fingerprint density at radius 1 is 1.39 bits per heavy atom. The topological polar surface area (TPSA) is 60.9 Å². The van der Waals surface area contributed by atoms with E-state index < -0.39 is 0 Å². The molecule has 0 amide bonds. The normalized spacial score (nSPS) is 10.9. The fourth-order valence-electron chi connectivity index (χ4n) is 2.05. The Kier molecular flexibility index (Phi) is 2.44. The summed E-state index contributed by atoms with van der Waals surface area (Å²) in [6.07, 6.45) is 2.66. The molecule has 0 spiro atoms. The fraction of sp³-hybridized carbons (Fsp3) is 0.154. The standard InChI is InChI=1S/C13H11N3O2/c1-9-14-13(18-15-9)7-16-6-10(8-17)11-4-2-3-5-12(11)16/h2-6,8H,7H2,1H3. The molecule has 1 aromatic carbocycles. The van der Waals surface area contributed by atoms with Crippen molar-refractivity contribution in [1.82, 2.24) is 14.7 Å². The summed E-state index contributed by atoms with van der Waals surface area (Å²) < 4.78 is 7.03. The molecule has 0 aliphatic heterocycles. The molecular formula is C13H11N3O2. The molecule has 0 aliphatic carbocycles. The zero-order chi connectivity index (χ0) is 12.5. The van der Waals surface area contributed by atoms with Gasteiger partial charge in [0.1, 0.15) is 6.54 Å². The predicted octanol–water partition coefficient (Wildman–Crippen LogP) is 2.19. The monoisotopic (exact) mass is 241 g/mol. The number of hydrogen-bond acceptors (Lipinski definition) is 4. The molecule has 3 aromatic rings. The second kappa shape index (κ2) is 4.10. The van der Waals surface area contributed by atoms with E-state index in [0.29, 0.717) is 23.8 Å². The van der Waals surface area contributed by atoms with E-state index in [2.05, 4.69) is 10.1 Å².